The maximum atomic E-state index is 12.8. The lowest BCUT2D eigenvalue weighted by atomic mass is 10.00. The van der Waals surface area contributed by atoms with E-state index in [1.54, 1.807) is 23.9 Å². The van der Waals surface area contributed by atoms with E-state index >= 15 is 0 Å². The number of aromatic amines is 1. The molecule has 4 heterocycles. The summed E-state index contributed by atoms with van der Waals surface area (Å²) >= 11 is 13.2. The molecule has 1 aliphatic heterocycles. The van der Waals surface area contributed by atoms with E-state index in [1.807, 2.05) is 19.1 Å². The molecule has 4 aromatic rings. The number of hydrogen-bond donors (Lipinski definition) is 1. The van der Waals surface area contributed by atoms with Gasteiger partial charge in [-0.3, -0.25) is 9.55 Å². The summed E-state index contributed by atoms with van der Waals surface area (Å²) < 4.78 is 13.1. The Hall–Kier alpha value is -2.77. The molecule has 1 aromatic carbocycles. The molecule has 5 rings (SSSR count). The van der Waals surface area contributed by atoms with Crippen LogP contribution in [0.1, 0.15) is 23.1 Å². The van der Waals surface area contributed by atoms with Crippen LogP contribution in [0.2, 0.25) is 10.0 Å². The molecule has 0 amide bonds. The largest absolute Gasteiger partial charge is 0.488 e. The first-order valence-corrected chi connectivity index (χ1v) is 9.35. The van der Waals surface area contributed by atoms with Gasteiger partial charge in [-0.2, -0.15) is 0 Å². The molecule has 0 spiro atoms. The zero-order valence-corrected chi connectivity index (χ0v) is 16.4. The van der Waals surface area contributed by atoms with Crippen molar-refractivity contribution < 1.29 is 9.26 Å². The van der Waals surface area contributed by atoms with Gasteiger partial charge in [0.1, 0.15) is 17.9 Å². The fourth-order valence-corrected chi connectivity index (χ4v) is 4.33. The van der Waals surface area contributed by atoms with Crippen molar-refractivity contribution in [2.75, 3.05) is 6.61 Å². The highest BCUT2D eigenvalue weighted by Crippen LogP contribution is 2.50. The van der Waals surface area contributed by atoms with Gasteiger partial charge < -0.3 is 14.2 Å². The second kappa shape index (κ2) is 6.12. The Morgan fingerprint density at radius 3 is 2.75 bits per heavy atom. The van der Waals surface area contributed by atoms with E-state index in [4.69, 9.17) is 32.5 Å². The van der Waals surface area contributed by atoms with Crippen LogP contribution < -0.4 is 10.4 Å². The van der Waals surface area contributed by atoms with Crippen LogP contribution in [0, 0.1) is 13.8 Å². The molecule has 28 heavy (non-hydrogen) atoms. The molecule has 0 aliphatic carbocycles. The lowest BCUT2D eigenvalue weighted by Crippen LogP contribution is -2.30. The minimum Gasteiger partial charge on any atom is -0.488 e. The zero-order chi connectivity index (χ0) is 19.6. The molecule has 3 aromatic heterocycles. The summed E-state index contributed by atoms with van der Waals surface area (Å²) in [5, 5.41) is 4.55. The van der Waals surface area contributed by atoms with Crippen LogP contribution in [0.25, 0.3) is 22.2 Å². The van der Waals surface area contributed by atoms with Gasteiger partial charge in [-0.15, -0.1) is 0 Å². The number of imidazole rings is 1. The Kier molecular flexibility index (Phi) is 3.79. The van der Waals surface area contributed by atoms with Crippen LogP contribution in [-0.2, 0) is 0 Å². The number of H-pyrrole nitrogens is 1. The molecule has 0 bridgehead atoms. The summed E-state index contributed by atoms with van der Waals surface area (Å²) in [7, 11) is 0. The number of rotatable bonds is 2. The van der Waals surface area contributed by atoms with Gasteiger partial charge in [0.25, 0.3) is 0 Å². The summed E-state index contributed by atoms with van der Waals surface area (Å²) in [5.41, 5.74) is 3.53. The molecule has 0 saturated heterocycles. The average molecular weight is 417 g/mol. The van der Waals surface area contributed by atoms with Gasteiger partial charge in [0.15, 0.2) is 5.75 Å². The van der Waals surface area contributed by atoms with Gasteiger partial charge >= 0.3 is 5.69 Å². The van der Waals surface area contributed by atoms with Crippen molar-refractivity contribution in [3.8, 4) is 16.9 Å². The van der Waals surface area contributed by atoms with Gasteiger partial charge in [-0.1, -0.05) is 34.4 Å². The van der Waals surface area contributed by atoms with Crippen molar-refractivity contribution in [3.63, 3.8) is 0 Å². The van der Waals surface area contributed by atoms with Gasteiger partial charge in [0.2, 0.25) is 0 Å². The standard InChI is InChI=1S/C19H14Cl2N4O3/c1-8-12(9(2)28-24-8)13-14(20)15(21)16-17-18(13)27-7-11(25(17)19(26)23-16)10-4-3-5-22-6-10/h3-6,11H,7H2,1-2H3,(H,23,26)/t11-/m1/s1. The summed E-state index contributed by atoms with van der Waals surface area (Å²) in [6, 6.07) is 3.39. The third-order valence-electron chi connectivity index (χ3n) is 5.05. The number of aryl methyl sites for hydroxylation is 2. The van der Waals surface area contributed by atoms with Crippen LogP contribution in [0.4, 0.5) is 0 Å². The van der Waals surface area contributed by atoms with Crippen LogP contribution in [-0.4, -0.2) is 26.3 Å². The van der Waals surface area contributed by atoms with Crippen molar-refractivity contribution in [2.45, 2.75) is 19.9 Å². The Morgan fingerprint density at radius 2 is 2.07 bits per heavy atom. The highest BCUT2D eigenvalue weighted by molar-refractivity contribution is 6.47. The van der Waals surface area contributed by atoms with E-state index < -0.39 is 0 Å². The van der Waals surface area contributed by atoms with Crippen molar-refractivity contribution >= 4 is 34.2 Å². The van der Waals surface area contributed by atoms with E-state index in [2.05, 4.69) is 15.1 Å². The SMILES string of the molecule is Cc1noc(C)c1-c1c(Cl)c(Cl)c2[nH]c(=O)n3c2c1OC[C@@H]3c1cccnc1. The summed E-state index contributed by atoms with van der Waals surface area (Å²) in [5.74, 6) is 1.07. The Morgan fingerprint density at radius 1 is 1.25 bits per heavy atom. The maximum Gasteiger partial charge on any atom is 0.327 e. The van der Waals surface area contributed by atoms with Gasteiger partial charge in [0, 0.05) is 12.4 Å². The summed E-state index contributed by atoms with van der Waals surface area (Å²) in [4.78, 5) is 19.8. The normalized spacial score (nSPS) is 15.8. The quantitative estimate of drug-likeness (QED) is 0.526. The topological polar surface area (TPSA) is 85.9 Å². The fourth-order valence-electron chi connectivity index (χ4n) is 3.82. The Balaban J connectivity index is 1.89. The third-order valence-corrected chi connectivity index (χ3v) is 5.90. The van der Waals surface area contributed by atoms with Crippen LogP contribution in [0.5, 0.6) is 5.75 Å². The fraction of sp³-hybridized carbons (Fsp3) is 0.211. The molecule has 0 unspecified atom stereocenters. The predicted octanol–water partition coefficient (Wildman–Crippen LogP) is 4.29. The highest BCUT2D eigenvalue weighted by atomic mass is 35.5. The van der Waals surface area contributed by atoms with Gasteiger partial charge in [-0.25, -0.2) is 4.79 Å². The molecule has 1 N–H and O–H groups in total. The molecule has 0 saturated carbocycles. The molecule has 1 aliphatic rings. The number of ether oxygens (including phenoxy) is 1. The minimum absolute atomic E-state index is 0.250. The number of hydrogen-bond acceptors (Lipinski definition) is 5. The number of nitrogens with zero attached hydrogens (tertiary/aromatic N) is 3. The van der Waals surface area contributed by atoms with Crippen molar-refractivity contribution in [2.24, 2.45) is 0 Å². The zero-order valence-electron chi connectivity index (χ0n) is 14.9. The lowest BCUT2D eigenvalue weighted by Gasteiger charge is -2.27. The molecule has 1 atom stereocenters. The Bertz CT molecular complexity index is 1270. The number of aromatic nitrogens is 4. The first-order chi connectivity index (χ1) is 13.5. The molecule has 0 radical (unpaired) electrons. The van der Waals surface area contributed by atoms with E-state index in [0.717, 1.165) is 5.56 Å². The van der Waals surface area contributed by atoms with E-state index in [1.165, 1.54) is 0 Å². The summed E-state index contributed by atoms with van der Waals surface area (Å²) in [6.45, 7) is 3.86. The van der Waals surface area contributed by atoms with E-state index in [9.17, 15) is 4.79 Å². The van der Waals surface area contributed by atoms with Gasteiger partial charge in [-0.05, 0) is 25.5 Å². The lowest BCUT2D eigenvalue weighted by molar-refractivity contribution is 0.257. The molecule has 0 fully saturated rings. The van der Waals surface area contributed by atoms with E-state index in [0.29, 0.717) is 39.4 Å². The number of nitrogens with one attached hydrogen (secondary N) is 1. The number of pyridine rings is 1. The molecule has 7 nitrogen and oxygen atoms in total. The molecular formula is C19H14Cl2N4O3. The molecular weight excluding hydrogens is 403 g/mol. The molecule has 9 heteroatoms. The van der Waals surface area contributed by atoms with Crippen molar-refractivity contribution in [1.29, 1.82) is 0 Å². The monoisotopic (exact) mass is 416 g/mol. The van der Waals surface area contributed by atoms with Crippen LogP contribution in [0.3, 0.4) is 0 Å². The van der Waals surface area contributed by atoms with Crippen molar-refractivity contribution in [3.05, 3.63) is 62.1 Å². The van der Waals surface area contributed by atoms with Crippen LogP contribution in [0.15, 0.2) is 33.8 Å². The van der Waals surface area contributed by atoms with Gasteiger partial charge in [0.05, 0.1) is 38.4 Å². The maximum absolute atomic E-state index is 12.8. The average Bonchev–Trinajstić information content (AvgIpc) is 3.22. The molecule has 142 valence electrons. The predicted molar refractivity (Wildman–Crippen MR) is 105 cm³/mol. The second-order valence-electron chi connectivity index (χ2n) is 6.67. The second-order valence-corrected chi connectivity index (χ2v) is 7.42. The minimum atomic E-state index is -0.336. The highest BCUT2D eigenvalue weighted by Gasteiger charge is 2.34. The van der Waals surface area contributed by atoms with E-state index in [-0.39, 0.29) is 28.4 Å². The first kappa shape index (κ1) is 17.3. The smallest absolute Gasteiger partial charge is 0.327 e. The first-order valence-electron chi connectivity index (χ1n) is 8.60. The third kappa shape index (κ3) is 2.26. The Labute approximate surface area is 168 Å². The number of halogens is 2. The summed E-state index contributed by atoms with van der Waals surface area (Å²) in [6.07, 6.45) is 3.40. The van der Waals surface area contributed by atoms with Crippen molar-refractivity contribution in [1.82, 2.24) is 19.7 Å². The van der Waals surface area contributed by atoms with Crippen LogP contribution >= 0.6 is 23.2 Å². The number of benzene rings is 1.